The molecule has 1 heterocycles. The van der Waals surface area contributed by atoms with Crippen LogP contribution in [0.25, 0.3) is 22.0 Å². The highest BCUT2D eigenvalue weighted by Crippen LogP contribution is 2.29. The monoisotopic (exact) mass is 248 g/mol. The van der Waals surface area contributed by atoms with Crippen LogP contribution in [-0.2, 0) is 0 Å². The lowest BCUT2D eigenvalue weighted by atomic mass is 9.99. The molecule has 3 aromatic rings. The molecule has 0 bridgehead atoms. The number of nitrogens with two attached hydrogens (primary N) is 1. The van der Waals surface area contributed by atoms with Crippen molar-refractivity contribution in [2.24, 2.45) is 0 Å². The maximum Gasteiger partial charge on any atom is 0.0740 e. The van der Waals surface area contributed by atoms with Gasteiger partial charge in [-0.05, 0) is 36.9 Å². The first-order valence-electron chi connectivity index (χ1n) is 6.38. The maximum atomic E-state index is 5.74. The second kappa shape index (κ2) is 4.39. The first kappa shape index (κ1) is 11.7. The molecule has 19 heavy (non-hydrogen) atoms. The third kappa shape index (κ3) is 1.95. The molecule has 0 unspecified atom stereocenters. The Balaban J connectivity index is 2.30. The van der Waals surface area contributed by atoms with Crippen LogP contribution in [-0.4, -0.2) is 4.98 Å². The number of pyridine rings is 1. The summed E-state index contributed by atoms with van der Waals surface area (Å²) in [4.78, 5) is 4.76. The lowest BCUT2D eigenvalue weighted by molar-refractivity contribution is 1.21. The van der Waals surface area contributed by atoms with Crippen molar-refractivity contribution in [2.45, 2.75) is 13.8 Å². The van der Waals surface area contributed by atoms with Crippen molar-refractivity contribution in [3.63, 3.8) is 0 Å². The molecule has 0 saturated carbocycles. The summed E-state index contributed by atoms with van der Waals surface area (Å²) in [6, 6.07) is 16.3. The fraction of sp³-hybridized carbons (Fsp3) is 0.118. The van der Waals surface area contributed by atoms with Crippen LogP contribution < -0.4 is 5.73 Å². The molecule has 2 N–H and O–H groups in total. The summed E-state index contributed by atoms with van der Waals surface area (Å²) >= 11 is 0. The number of fused-ring (bicyclic) bond motifs is 1. The Morgan fingerprint density at radius 3 is 2.16 bits per heavy atom. The van der Waals surface area contributed by atoms with E-state index in [9.17, 15) is 0 Å². The summed E-state index contributed by atoms with van der Waals surface area (Å²) in [5.74, 6) is 0. The first-order chi connectivity index (χ1) is 9.16. The van der Waals surface area contributed by atoms with Gasteiger partial charge in [-0.25, -0.2) is 0 Å². The van der Waals surface area contributed by atoms with E-state index < -0.39 is 0 Å². The van der Waals surface area contributed by atoms with Gasteiger partial charge < -0.3 is 5.73 Å². The number of rotatable bonds is 1. The van der Waals surface area contributed by atoms with Crippen LogP contribution in [0, 0.1) is 13.8 Å². The Morgan fingerprint density at radius 2 is 1.47 bits per heavy atom. The number of anilines is 1. The summed E-state index contributed by atoms with van der Waals surface area (Å²) in [6.07, 6.45) is 0. The molecular formula is C17H16N2. The Bertz CT molecular complexity index is 743. The first-order valence-corrected chi connectivity index (χ1v) is 6.38. The highest BCUT2D eigenvalue weighted by atomic mass is 14.7. The maximum absolute atomic E-state index is 5.74. The third-order valence-electron chi connectivity index (χ3n) is 3.54. The van der Waals surface area contributed by atoms with E-state index in [1.54, 1.807) is 0 Å². The molecule has 94 valence electrons. The van der Waals surface area contributed by atoms with Gasteiger partial charge in [0.05, 0.1) is 5.69 Å². The molecule has 0 amide bonds. The Hall–Kier alpha value is -2.35. The molecule has 2 heteroatoms. The highest BCUT2D eigenvalue weighted by molar-refractivity contribution is 5.91. The lowest BCUT2D eigenvalue weighted by Crippen LogP contribution is -1.94. The van der Waals surface area contributed by atoms with Gasteiger partial charge in [-0.2, -0.15) is 0 Å². The van der Waals surface area contributed by atoms with E-state index in [1.807, 2.05) is 24.3 Å². The molecule has 2 aromatic carbocycles. The highest BCUT2D eigenvalue weighted by Gasteiger charge is 2.09. The van der Waals surface area contributed by atoms with Crippen molar-refractivity contribution >= 4 is 16.5 Å². The van der Waals surface area contributed by atoms with Gasteiger partial charge in [0.1, 0.15) is 0 Å². The molecule has 3 rings (SSSR count). The molecule has 0 atom stereocenters. The number of hydrogen-bond donors (Lipinski definition) is 1. The molecular weight excluding hydrogens is 232 g/mol. The van der Waals surface area contributed by atoms with Gasteiger partial charge in [0.25, 0.3) is 0 Å². The predicted molar refractivity (Wildman–Crippen MR) is 81.1 cm³/mol. The van der Waals surface area contributed by atoms with Crippen LogP contribution in [0.2, 0.25) is 0 Å². The van der Waals surface area contributed by atoms with Crippen LogP contribution in [0.1, 0.15) is 11.3 Å². The minimum Gasteiger partial charge on any atom is -0.399 e. The van der Waals surface area contributed by atoms with Gasteiger partial charge in [-0.3, -0.25) is 4.98 Å². The van der Waals surface area contributed by atoms with E-state index in [0.29, 0.717) is 0 Å². The topological polar surface area (TPSA) is 38.9 Å². The van der Waals surface area contributed by atoms with Crippen LogP contribution in [0.4, 0.5) is 5.69 Å². The van der Waals surface area contributed by atoms with E-state index >= 15 is 0 Å². The number of aryl methyl sites for hydroxylation is 2. The number of hydrogen-bond acceptors (Lipinski definition) is 2. The second-order valence-corrected chi connectivity index (χ2v) is 4.84. The van der Waals surface area contributed by atoms with E-state index in [1.165, 1.54) is 16.3 Å². The summed E-state index contributed by atoms with van der Waals surface area (Å²) in [7, 11) is 0. The molecule has 0 radical (unpaired) electrons. The normalized spacial score (nSPS) is 10.8. The van der Waals surface area contributed by atoms with Gasteiger partial charge in [0.2, 0.25) is 0 Å². The lowest BCUT2D eigenvalue weighted by Gasteiger charge is -2.11. The minimum atomic E-state index is 0.777. The fourth-order valence-electron chi connectivity index (χ4n) is 2.49. The van der Waals surface area contributed by atoms with Crippen molar-refractivity contribution in [3.05, 3.63) is 59.8 Å². The average molecular weight is 248 g/mol. The molecule has 1 aromatic heterocycles. The molecule has 0 aliphatic heterocycles. The van der Waals surface area contributed by atoms with E-state index in [4.69, 9.17) is 10.7 Å². The van der Waals surface area contributed by atoms with Gasteiger partial charge in [-0.1, -0.05) is 36.4 Å². The van der Waals surface area contributed by atoms with Crippen molar-refractivity contribution < 1.29 is 0 Å². The Labute approximate surface area is 112 Å². The number of nitrogen functional groups attached to an aromatic ring is 1. The van der Waals surface area contributed by atoms with Crippen molar-refractivity contribution in [1.29, 1.82) is 0 Å². The Kier molecular flexibility index (Phi) is 2.71. The zero-order chi connectivity index (χ0) is 13.4. The largest absolute Gasteiger partial charge is 0.399 e. The number of benzene rings is 2. The van der Waals surface area contributed by atoms with E-state index in [2.05, 4.69) is 38.1 Å². The summed E-state index contributed by atoms with van der Waals surface area (Å²) < 4.78 is 0. The fourth-order valence-corrected chi connectivity index (χ4v) is 2.49. The van der Waals surface area contributed by atoms with Crippen LogP contribution in [0.3, 0.4) is 0 Å². The second-order valence-electron chi connectivity index (χ2n) is 4.84. The standard InChI is InChI=1S/C17H16N2/c1-11-15-5-3-4-6-16(15)12(2)19-17(11)13-7-9-14(18)10-8-13/h3-10H,18H2,1-2H3. The molecule has 2 nitrogen and oxygen atoms in total. The summed E-state index contributed by atoms with van der Waals surface area (Å²) in [5, 5.41) is 2.49. The number of nitrogens with zero attached hydrogens (tertiary/aromatic N) is 1. The van der Waals surface area contributed by atoms with Crippen molar-refractivity contribution in [2.75, 3.05) is 5.73 Å². The molecule has 0 aliphatic carbocycles. The quantitative estimate of drug-likeness (QED) is 0.658. The minimum absolute atomic E-state index is 0.777. The van der Waals surface area contributed by atoms with Crippen LogP contribution in [0.5, 0.6) is 0 Å². The van der Waals surface area contributed by atoms with Gasteiger partial charge in [0, 0.05) is 22.3 Å². The van der Waals surface area contributed by atoms with Gasteiger partial charge in [-0.15, -0.1) is 0 Å². The van der Waals surface area contributed by atoms with Crippen molar-refractivity contribution in [1.82, 2.24) is 4.98 Å². The van der Waals surface area contributed by atoms with Gasteiger partial charge >= 0.3 is 0 Å². The smallest absolute Gasteiger partial charge is 0.0740 e. The molecule has 0 fully saturated rings. The number of aromatic nitrogens is 1. The molecule has 0 saturated heterocycles. The van der Waals surface area contributed by atoms with Crippen molar-refractivity contribution in [3.8, 4) is 11.3 Å². The summed E-state index contributed by atoms with van der Waals surface area (Å²) in [6.45, 7) is 4.18. The van der Waals surface area contributed by atoms with Crippen LogP contribution in [0.15, 0.2) is 48.5 Å². The Morgan fingerprint density at radius 1 is 0.842 bits per heavy atom. The SMILES string of the molecule is Cc1nc(-c2ccc(N)cc2)c(C)c2ccccc12. The zero-order valence-corrected chi connectivity index (χ0v) is 11.1. The average Bonchev–Trinajstić information content (AvgIpc) is 2.44. The zero-order valence-electron chi connectivity index (χ0n) is 11.1. The molecule has 0 spiro atoms. The van der Waals surface area contributed by atoms with Gasteiger partial charge in [0.15, 0.2) is 0 Å². The predicted octanol–water partition coefficient (Wildman–Crippen LogP) is 4.10. The third-order valence-corrected chi connectivity index (χ3v) is 3.54. The van der Waals surface area contributed by atoms with Crippen LogP contribution >= 0.6 is 0 Å². The summed E-state index contributed by atoms with van der Waals surface area (Å²) in [5.41, 5.74) is 10.9. The molecule has 0 aliphatic rings. The van der Waals surface area contributed by atoms with E-state index in [-0.39, 0.29) is 0 Å². The van der Waals surface area contributed by atoms with E-state index in [0.717, 1.165) is 22.6 Å².